The highest BCUT2D eigenvalue weighted by Crippen LogP contribution is 2.14. The number of hydrogen-bond acceptors (Lipinski definition) is 3. The van der Waals surface area contributed by atoms with Gasteiger partial charge in [-0.05, 0) is 12.5 Å². The van der Waals surface area contributed by atoms with Crippen LogP contribution in [0.3, 0.4) is 0 Å². The van der Waals surface area contributed by atoms with Gasteiger partial charge < -0.3 is 10.5 Å². The Morgan fingerprint density at radius 1 is 1.58 bits per heavy atom. The molecule has 1 atom stereocenters. The predicted octanol–water partition coefficient (Wildman–Crippen LogP) is 1.50. The Kier molecular flexibility index (Phi) is 3.05. The minimum Gasteiger partial charge on any atom is -0.481 e. The Morgan fingerprint density at radius 2 is 2.33 bits per heavy atom. The molecule has 0 saturated heterocycles. The Hall–Kier alpha value is -1.09. The molecule has 1 aromatic heterocycles. The number of aromatic nitrogens is 1. The molecule has 3 heteroatoms. The summed E-state index contributed by atoms with van der Waals surface area (Å²) in [5.74, 6) is 0.622. The Bertz CT molecular complexity index is 250. The molecule has 1 unspecified atom stereocenters. The van der Waals surface area contributed by atoms with Crippen molar-refractivity contribution in [2.45, 2.75) is 19.4 Å². The van der Waals surface area contributed by atoms with Gasteiger partial charge >= 0.3 is 0 Å². The van der Waals surface area contributed by atoms with Crippen molar-refractivity contribution >= 4 is 0 Å². The van der Waals surface area contributed by atoms with Crippen LogP contribution in [0, 0.1) is 0 Å². The molecule has 0 fully saturated rings. The first-order chi connectivity index (χ1) is 5.77. The highest BCUT2D eigenvalue weighted by Gasteiger charge is 2.04. The van der Waals surface area contributed by atoms with Crippen molar-refractivity contribution < 1.29 is 4.74 Å². The van der Waals surface area contributed by atoms with Gasteiger partial charge in [-0.2, -0.15) is 0 Å². The number of rotatable bonds is 3. The zero-order valence-electron chi connectivity index (χ0n) is 7.45. The van der Waals surface area contributed by atoms with Crippen LogP contribution in [-0.4, -0.2) is 12.1 Å². The number of pyridine rings is 1. The van der Waals surface area contributed by atoms with Crippen molar-refractivity contribution in [1.29, 1.82) is 0 Å². The van der Waals surface area contributed by atoms with Gasteiger partial charge in [0.05, 0.1) is 12.8 Å². The van der Waals surface area contributed by atoms with E-state index in [0.29, 0.717) is 5.88 Å². The van der Waals surface area contributed by atoms with Crippen LogP contribution in [0.2, 0.25) is 0 Å². The molecular weight excluding hydrogens is 152 g/mol. The molecule has 1 heterocycles. The first-order valence-electron chi connectivity index (χ1n) is 4.04. The van der Waals surface area contributed by atoms with Crippen molar-refractivity contribution in [2.24, 2.45) is 5.73 Å². The molecule has 66 valence electrons. The number of ether oxygens (including phenoxy) is 1. The second-order valence-electron chi connectivity index (χ2n) is 2.62. The van der Waals surface area contributed by atoms with Crippen molar-refractivity contribution in [3.8, 4) is 5.88 Å². The summed E-state index contributed by atoms with van der Waals surface area (Å²) < 4.78 is 4.98. The van der Waals surface area contributed by atoms with Gasteiger partial charge in [-0.3, -0.25) is 0 Å². The first-order valence-corrected chi connectivity index (χ1v) is 4.04. The van der Waals surface area contributed by atoms with Crippen LogP contribution in [0.1, 0.15) is 25.1 Å². The summed E-state index contributed by atoms with van der Waals surface area (Å²) in [7, 11) is 1.60. The van der Waals surface area contributed by atoms with Crippen LogP contribution in [-0.2, 0) is 0 Å². The lowest BCUT2D eigenvalue weighted by Crippen LogP contribution is -2.10. The van der Waals surface area contributed by atoms with Crippen molar-refractivity contribution in [2.75, 3.05) is 7.11 Å². The fourth-order valence-electron chi connectivity index (χ4n) is 0.960. The molecule has 0 saturated carbocycles. The van der Waals surface area contributed by atoms with Crippen molar-refractivity contribution in [3.05, 3.63) is 23.9 Å². The molecule has 0 aliphatic carbocycles. The first kappa shape index (κ1) is 9.00. The molecule has 12 heavy (non-hydrogen) atoms. The Labute approximate surface area is 72.6 Å². The molecule has 2 N–H and O–H groups in total. The summed E-state index contributed by atoms with van der Waals surface area (Å²) in [6.07, 6.45) is 0.889. The molecule has 3 nitrogen and oxygen atoms in total. The molecule has 0 aliphatic heterocycles. The normalized spacial score (nSPS) is 12.6. The fourth-order valence-corrected chi connectivity index (χ4v) is 0.960. The minimum atomic E-state index is 0.0140. The average Bonchev–Trinajstić information content (AvgIpc) is 2.17. The lowest BCUT2D eigenvalue weighted by atomic mass is 10.1. The highest BCUT2D eigenvalue weighted by atomic mass is 16.5. The molecule has 0 bridgehead atoms. The van der Waals surface area contributed by atoms with Gasteiger partial charge in [0, 0.05) is 12.1 Å². The molecule has 0 aliphatic rings. The van der Waals surface area contributed by atoms with E-state index in [0.717, 1.165) is 12.1 Å². The van der Waals surface area contributed by atoms with Crippen LogP contribution in [0.4, 0.5) is 0 Å². The van der Waals surface area contributed by atoms with E-state index in [-0.39, 0.29) is 6.04 Å². The number of hydrogen-bond donors (Lipinski definition) is 1. The molecule has 0 amide bonds. The molecule has 0 radical (unpaired) electrons. The summed E-state index contributed by atoms with van der Waals surface area (Å²) in [6, 6.07) is 5.64. The van der Waals surface area contributed by atoms with E-state index in [2.05, 4.69) is 4.98 Å². The summed E-state index contributed by atoms with van der Waals surface area (Å²) in [5, 5.41) is 0. The van der Waals surface area contributed by atoms with Crippen LogP contribution in [0.25, 0.3) is 0 Å². The quantitative estimate of drug-likeness (QED) is 0.740. The second-order valence-corrected chi connectivity index (χ2v) is 2.62. The second kappa shape index (κ2) is 4.07. The maximum absolute atomic E-state index is 5.80. The number of nitrogens with two attached hydrogens (primary N) is 1. The van der Waals surface area contributed by atoms with Gasteiger partial charge in [-0.15, -0.1) is 0 Å². The summed E-state index contributed by atoms with van der Waals surface area (Å²) >= 11 is 0. The van der Waals surface area contributed by atoms with Gasteiger partial charge in [0.25, 0.3) is 0 Å². The van der Waals surface area contributed by atoms with Crippen molar-refractivity contribution in [1.82, 2.24) is 4.98 Å². The lowest BCUT2D eigenvalue weighted by Gasteiger charge is -2.08. The smallest absolute Gasteiger partial charge is 0.213 e. The van der Waals surface area contributed by atoms with Crippen LogP contribution < -0.4 is 10.5 Å². The minimum absolute atomic E-state index is 0.0140. The summed E-state index contributed by atoms with van der Waals surface area (Å²) in [5.41, 5.74) is 6.69. The third kappa shape index (κ3) is 1.95. The topological polar surface area (TPSA) is 48.1 Å². The third-order valence-corrected chi connectivity index (χ3v) is 1.77. The van der Waals surface area contributed by atoms with E-state index in [1.807, 2.05) is 25.1 Å². The van der Waals surface area contributed by atoms with Gasteiger partial charge in [-0.1, -0.05) is 13.0 Å². The third-order valence-electron chi connectivity index (χ3n) is 1.77. The molecular formula is C9H14N2O. The number of nitrogens with zero attached hydrogens (tertiary/aromatic N) is 1. The Balaban J connectivity index is 2.86. The maximum atomic E-state index is 5.80. The van der Waals surface area contributed by atoms with Crippen LogP contribution in [0.5, 0.6) is 5.88 Å². The standard InChI is InChI=1S/C9H14N2O/c1-3-7(10)8-5-4-6-9(11-8)12-2/h4-7H,3,10H2,1-2H3. The molecule has 0 spiro atoms. The van der Waals surface area contributed by atoms with Gasteiger partial charge in [-0.25, -0.2) is 4.98 Å². The van der Waals surface area contributed by atoms with E-state index in [4.69, 9.17) is 10.5 Å². The fraction of sp³-hybridized carbons (Fsp3) is 0.444. The summed E-state index contributed by atoms with van der Waals surface area (Å²) in [6.45, 7) is 2.03. The number of methoxy groups -OCH3 is 1. The SMILES string of the molecule is CCC(N)c1cccc(OC)n1. The monoisotopic (exact) mass is 166 g/mol. The van der Waals surface area contributed by atoms with E-state index < -0.39 is 0 Å². The molecule has 1 aromatic rings. The van der Waals surface area contributed by atoms with E-state index in [1.165, 1.54) is 0 Å². The van der Waals surface area contributed by atoms with Gasteiger partial charge in [0.1, 0.15) is 0 Å². The largest absolute Gasteiger partial charge is 0.481 e. The lowest BCUT2D eigenvalue weighted by molar-refractivity contribution is 0.394. The van der Waals surface area contributed by atoms with Crippen LogP contribution in [0.15, 0.2) is 18.2 Å². The zero-order valence-corrected chi connectivity index (χ0v) is 7.45. The zero-order chi connectivity index (χ0) is 8.97. The maximum Gasteiger partial charge on any atom is 0.213 e. The van der Waals surface area contributed by atoms with Crippen LogP contribution >= 0.6 is 0 Å². The predicted molar refractivity (Wildman–Crippen MR) is 48.0 cm³/mol. The summed E-state index contributed by atoms with van der Waals surface area (Å²) in [4.78, 5) is 4.21. The Morgan fingerprint density at radius 3 is 2.92 bits per heavy atom. The van der Waals surface area contributed by atoms with E-state index in [9.17, 15) is 0 Å². The van der Waals surface area contributed by atoms with Gasteiger partial charge in [0.2, 0.25) is 5.88 Å². The highest BCUT2D eigenvalue weighted by molar-refractivity contribution is 5.17. The van der Waals surface area contributed by atoms with E-state index in [1.54, 1.807) is 7.11 Å². The molecule has 0 aromatic carbocycles. The van der Waals surface area contributed by atoms with E-state index >= 15 is 0 Å². The average molecular weight is 166 g/mol. The molecule has 1 rings (SSSR count). The van der Waals surface area contributed by atoms with Gasteiger partial charge in [0.15, 0.2) is 0 Å². The van der Waals surface area contributed by atoms with Crippen molar-refractivity contribution in [3.63, 3.8) is 0 Å².